The van der Waals surface area contributed by atoms with E-state index < -0.39 is 16.1 Å². The van der Waals surface area contributed by atoms with E-state index in [0.717, 1.165) is 0 Å². The highest BCUT2D eigenvalue weighted by molar-refractivity contribution is 7.89. The van der Waals surface area contributed by atoms with E-state index in [9.17, 15) is 8.42 Å². The van der Waals surface area contributed by atoms with Crippen LogP contribution in [-0.4, -0.2) is 44.5 Å². The van der Waals surface area contributed by atoms with Crippen LogP contribution in [0.3, 0.4) is 0 Å². The fourth-order valence-corrected chi connectivity index (χ4v) is 3.44. The van der Waals surface area contributed by atoms with Gasteiger partial charge in [-0.05, 0) is 13.8 Å². The molecule has 0 saturated heterocycles. The lowest BCUT2D eigenvalue weighted by atomic mass is 10.3. The number of hydrogen-bond acceptors (Lipinski definition) is 5. The van der Waals surface area contributed by atoms with Crippen molar-refractivity contribution in [1.29, 1.82) is 0 Å². The molecular formula is C10H20N4O3S. The van der Waals surface area contributed by atoms with E-state index in [-0.39, 0.29) is 18.0 Å². The van der Waals surface area contributed by atoms with Gasteiger partial charge in [-0.1, -0.05) is 0 Å². The maximum atomic E-state index is 12.3. The number of methoxy groups -OCH3 is 1. The van der Waals surface area contributed by atoms with Crippen molar-refractivity contribution >= 4 is 10.0 Å². The van der Waals surface area contributed by atoms with Crippen LogP contribution in [0.1, 0.15) is 11.4 Å². The van der Waals surface area contributed by atoms with Gasteiger partial charge in [-0.15, -0.1) is 0 Å². The average molecular weight is 276 g/mol. The minimum atomic E-state index is -3.63. The van der Waals surface area contributed by atoms with Crippen LogP contribution in [0.2, 0.25) is 0 Å². The van der Waals surface area contributed by atoms with Crippen molar-refractivity contribution in [2.24, 2.45) is 12.8 Å². The van der Waals surface area contributed by atoms with Crippen LogP contribution in [0.25, 0.3) is 0 Å². The van der Waals surface area contributed by atoms with Crippen molar-refractivity contribution < 1.29 is 13.2 Å². The molecule has 104 valence electrons. The van der Waals surface area contributed by atoms with Gasteiger partial charge in [0.25, 0.3) is 0 Å². The normalized spacial score (nSPS) is 13.8. The number of ether oxygens (including phenoxy) is 1. The quantitative estimate of drug-likeness (QED) is 0.715. The lowest BCUT2D eigenvalue weighted by Crippen LogP contribution is -2.43. The van der Waals surface area contributed by atoms with E-state index in [0.29, 0.717) is 11.4 Å². The van der Waals surface area contributed by atoms with Crippen LogP contribution in [0.5, 0.6) is 0 Å². The Morgan fingerprint density at radius 1 is 1.50 bits per heavy atom. The number of rotatable bonds is 6. The van der Waals surface area contributed by atoms with Crippen molar-refractivity contribution in [3.05, 3.63) is 11.4 Å². The number of nitrogens with zero attached hydrogens (tertiary/aromatic N) is 2. The van der Waals surface area contributed by atoms with Gasteiger partial charge in [-0.25, -0.2) is 13.1 Å². The van der Waals surface area contributed by atoms with Crippen molar-refractivity contribution in [3.63, 3.8) is 0 Å². The van der Waals surface area contributed by atoms with Gasteiger partial charge < -0.3 is 10.5 Å². The molecule has 0 amide bonds. The van der Waals surface area contributed by atoms with Crippen molar-refractivity contribution in [2.45, 2.75) is 24.8 Å². The first kappa shape index (κ1) is 15.1. The van der Waals surface area contributed by atoms with E-state index in [1.165, 1.54) is 11.8 Å². The summed E-state index contributed by atoms with van der Waals surface area (Å²) in [5.74, 6) is 0. The maximum absolute atomic E-state index is 12.3. The van der Waals surface area contributed by atoms with Gasteiger partial charge in [-0.2, -0.15) is 5.10 Å². The molecule has 1 aromatic rings. The van der Waals surface area contributed by atoms with E-state index >= 15 is 0 Å². The molecule has 8 heteroatoms. The van der Waals surface area contributed by atoms with Gasteiger partial charge in [0.2, 0.25) is 10.0 Å². The summed E-state index contributed by atoms with van der Waals surface area (Å²) in [5, 5.41) is 4.09. The summed E-state index contributed by atoms with van der Waals surface area (Å²) in [5.41, 5.74) is 6.56. The van der Waals surface area contributed by atoms with Crippen molar-refractivity contribution in [1.82, 2.24) is 14.5 Å². The van der Waals surface area contributed by atoms with Crippen LogP contribution in [0.15, 0.2) is 4.90 Å². The molecule has 0 bridgehead atoms. The molecule has 1 heterocycles. The molecular weight excluding hydrogens is 256 g/mol. The first-order chi connectivity index (χ1) is 8.33. The van der Waals surface area contributed by atoms with Gasteiger partial charge in [0.1, 0.15) is 4.90 Å². The largest absolute Gasteiger partial charge is 0.383 e. The molecule has 0 saturated carbocycles. The summed E-state index contributed by atoms with van der Waals surface area (Å²) in [6.45, 7) is 3.77. The zero-order valence-corrected chi connectivity index (χ0v) is 11.9. The van der Waals surface area contributed by atoms with Crippen molar-refractivity contribution in [3.8, 4) is 0 Å². The SMILES string of the molecule is COCC(CN)NS(=O)(=O)c1c(C)nn(C)c1C. The fourth-order valence-electron chi connectivity index (χ4n) is 1.77. The Hall–Kier alpha value is -0.960. The van der Waals surface area contributed by atoms with Gasteiger partial charge >= 0.3 is 0 Å². The standard InChI is InChI=1S/C10H20N4O3S/c1-7-10(8(2)14(3)12-7)18(15,16)13-9(5-11)6-17-4/h9,13H,5-6,11H2,1-4H3. The fraction of sp³-hybridized carbons (Fsp3) is 0.700. The monoisotopic (exact) mass is 276 g/mol. The Bertz CT molecular complexity index is 509. The Labute approximate surface area is 107 Å². The number of hydrogen-bond donors (Lipinski definition) is 2. The average Bonchev–Trinajstić information content (AvgIpc) is 2.52. The Morgan fingerprint density at radius 3 is 2.50 bits per heavy atom. The van der Waals surface area contributed by atoms with Crippen LogP contribution >= 0.6 is 0 Å². The van der Waals surface area contributed by atoms with E-state index in [1.54, 1.807) is 20.9 Å². The second-order valence-electron chi connectivity index (χ2n) is 4.13. The molecule has 3 N–H and O–H groups in total. The highest BCUT2D eigenvalue weighted by Gasteiger charge is 2.26. The molecule has 0 aliphatic heterocycles. The molecule has 0 fully saturated rings. The predicted molar refractivity (Wildman–Crippen MR) is 67.7 cm³/mol. The molecule has 0 aromatic carbocycles. The van der Waals surface area contributed by atoms with Crippen LogP contribution in [-0.2, 0) is 21.8 Å². The molecule has 1 atom stereocenters. The van der Waals surface area contributed by atoms with Gasteiger partial charge in [0.15, 0.2) is 0 Å². The predicted octanol–water partition coefficient (Wildman–Crippen LogP) is -0.711. The molecule has 0 spiro atoms. The Kier molecular flexibility index (Phi) is 4.85. The molecule has 0 aliphatic rings. The zero-order chi connectivity index (χ0) is 13.9. The minimum absolute atomic E-state index is 0.172. The summed E-state index contributed by atoms with van der Waals surface area (Å²) in [6, 6.07) is -0.445. The third kappa shape index (κ3) is 3.08. The van der Waals surface area contributed by atoms with Gasteiger partial charge in [0.05, 0.1) is 24.0 Å². The van der Waals surface area contributed by atoms with Crippen molar-refractivity contribution in [2.75, 3.05) is 20.3 Å². The number of aromatic nitrogens is 2. The lowest BCUT2D eigenvalue weighted by molar-refractivity contribution is 0.177. The molecule has 1 unspecified atom stereocenters. The van der Waals surface area contributed by atoms with Gasteiger partial charge in [0, 0.05) is 20.7 Å². The van der Waals surface area contributed by atoms with E-state index in [2.05, 4.69) is 9.82 Å². The Balaban J connectivity index is 3.06. The molecule has 1 rings (SSSR count). The second kappa shape index (κ2) is 5.79. The maximum Gasteiger partial charge on any atom is 0.244 e. The summed E-state index contributed by atoms with van der Waals surface area (Å²) >= 11 is 0. The molecule has 7 nitrogen and oxygen atoms in total. The molecule has 0 aliphatic carbocycles. The number of aryl methyl sites for hydroxylation is 2. The van der Waals surface area contributed by atoms with Crippen LogP contribution in [0, 0.1) is 13.8 Å². The van der Waals surface area contributed by atoms with E-state index in [1.807, 2.05) is 0 Å². The topological polar surface area (TPSA) is 99.2 Å². The second-order valence-corrected chi connectivity index (χ2v) is 5.78. The third-order valence-electron chi connectivity index (χ3n) is 2.69. The van der Waals surface area contributed by atoms with Gasteiger partial charge in [-0.3, -0.25) is 4.68 Å². The highest BCUT2D eigenvalue weighted by atomic mass is 32.2. The lowest BCUT2D eigenvalue weighted by Gasteiger charge is -2.16. The minimum Gasteiger partial charge on any atom is -0.383 e. The summed E-state index contributed by atoms with van der Waals surface area (Å²) < 4.78 is 33.5. The smallest absolute Gasteiger partial charge is 0.244 e. The molecule has 18 heavy (non-hydrogen) atoms. The first-order valence-electron chi connectivity index (χ1n) is 5.55. The number of nitrogens with two attached hydrogens (primary N) is 1. The third-order valence-corrected chi connectivity index (χ3v) is 4.46. The zero-order valence-electron chi connectivity index (χ0n) is 11.1. The first-order valence-corrected chi connectivity index (χ1v) is 7.03. The summed E-state index contributed by atoms with van der Waals surface area (Å²) in [4.78, 5) is 0.208. The summed E-state index contributed by atoms with van der Waals surface area (Å²) in [6.07, 6.45) is 0. The Morgan fingerprint density at radius 2 is 2.11 bits per heavy atom. The highest BCUT2D eigenvalue weighted by Crippen LogP contribution is 2.18. The van der Waals surface area contributed by atoms with Crippen LogP contribution in [0.4, 0.5) is 0 Å². The van der Waals surface area contributed by atoms with Crippen LogP contribution < -0.4 is 10.5 Å². The number of sulfonamides is 1. The molecule has 0 radical (unpaired) electrons. The summed E-state index contributed by atoms with van der Waals surface area (Å²) in [7, 11) is -0.425. The molecule has 1 aromatic heterocycles. The number of nitrogens with one attached hydrogen (secondary N) is 1. The van der Waals surface area contributed by atoms with E-state index in [4.69, 9.17) is 10.5 Å².